The van der Waals surface area contributed by atoms with Crippen molar-refractivity contribution in [3.05, 3.63) is 0 Å². The van der Waals surface area contributed by atoms with Crippen LogP contribution in [-0.4, -0.2) is 44.7 Å². The topological polar surface area (TPSA) is 115 Å². The molecule has 64 valence electrons. The molecule has 6 nitrogen and oxygen atoms in total. The van der Waals surface area contributed by atoms with Gasteiger partial charge in [0.25, 0.3) is 0 Å². The zero-order valence-electron chi connectivity index (χ0n) is 5.50. The molecular weight excluding hydrogens is 270 g/mol. The molecule has 10 heavy (non-hydrogen) atoms. The van der Waals surface area contributed by atoms with E-state index in [1.54, 1.807) is 0 Å². The standard InChI is InChI=1S/C2H7AsO2.AsH3O4/c1-3(2,4)5;2-1(3,4)5/h1-2H3,(H,4,5);(H3,2,3,4,5). The average Bonchev–Trinajstić information content (AvgIpc) is 1.12. The Balaban J connectivity index is 0. The summed E-state index contributed by atoms with van der Waals surface area (Å²) in [6.07, 6.45) is 0. The molecule has 0 rings (SSSR count). The Kier molecular flexibility index (Phi) is 5.84. The molecule has 0 aliphatic carbocycles. The van der Waals surface area contributed by atoms with Crippen LogP contribution in [0.25, 0.3) is 0 Å². The van der Waals surface area contributed by atoms with E-state index in [1.807, 2.05) is 0 Å². The minimum absolute atomic E-state index is 1.36. The van der Waals surface area contributed by atoms with Gasteiger partial charge in [-0.2, -0.15) is 0 Å². The van der Waals surface area contributed by atoms with Gasteiger partial charge in [-0.25, -0.2) is 0 Å². The van der Waals surface area contributed by atoms with E-state index in [4.69, 9.17) is 20.1 Å². The number of hydrogen-bond donors (Lipinski definition) is 4. The molecule has 0 bridgehead atoms. The Morgan fingerprint density at radius 1 is 0.900 bits per heavy atom. The third kappa shape index (κ3) is 1580. The van der Waals surface area contributed by atoms with Crippen LogP contribution in [0.3, 0.4) is 0 Å². The van der Waals surface area contributed by atoms with Crippen LogP contribution in [0, 0.1) is 0 Å². The van der Waals surface area contributed by atoms with Crippen LogP contribution in [-0.2, 0) is 7.48 Å². The van der Waals surface area contributed by atoms with Gasteiger partial charge in [-0.1, -0.05) is 0 Å². The second-order valence-electron chi connectivity index (χ2n) is 1.81. The Bertz CT molecular complexity index is 126. The van der Waals surface area contributed by atoms with Crippen LogP contribution in [0.4, 0.5) is 0 Å². The molecule has 0 heterocycles. The maximum absolute atomic E-state index is 9.83. The van der Waals surface area contributed by atoms with Gasteiger partial charge in [-0.3, -0.25) is 0 Å². The summed E-state index contributed by atoms with van der Waals surface area (Å²) >= 11 is -8.25. The molecule has 4 N–H and O–H groups in total. The fraction of sp³-hybridized carbons (Fsp3) is 1.00. The van der Waals surface area contributed by atoms with E-state index in [1.165, 1.54) is 11.4 Å². The van der Waals surface area contributed by atoms with Crippen molar-refractivity contribution < 1.29 is 23.9 Å². The van der Waals surface area contributed by atoms with E-state index in [2.05, 4.69) is 0 Å². The molecular formula is C2H10As2O6. The molecule has 0 fully saturated rings. The first-order valence-electron chi connectivity index (χ1n) is 2.06. The fourth-order valence-electron chi connectivity index (χ4n) is 0. The predicted octanol–water partition coefficient (Wildman–Crippen LogP) is -2.06. The van der Waals surface area contributed by atoms with Gasteiger partial charge in [-0.15, -0.1) is 0 Å². The van der Waals surface area contributed by atoms with Crippen molar-refractivity contribution in [2.45, 2.75) is 11.4 Å². The monoisotopic (exact) mass is 280 g/mol. The SMILES string of the molecule is C[As](C)(=O)O.O=[As](O)(O)O. The second kappa shape index (κ2) is 4.44. The van der Waals surface area contributed by atoms with Gasteiger partial charge in [0, 0.05) is 0 Å². The van der Waals surface area contributed by atoms with Crippen molar-refractivity contribution in [2.24, 2.45) is 0 Å². The summed E-state index contributed by atoms with van der Waals surface area (Å²) in [5, 5.41) is 0. The fourth-order valence-corrected chi connectivity index (χ4v) is 0. The maximum atomic E-state index is 9.83. The van der Waals surface area contributed by atoms with Gasteiger partial charge in [0.2, 0.25) is 0 Å². The second-order valence-corrected chi connectivity index (χ2v) is 9.39. The molecule has 0 saturated heterocycles. The normalized spacial score (nSPS) is 11.8. The number of hydrogen-bond acceptors (Lipinski definition) is 2. The van der Waals surface area contributed by atoms with E-state index in [0.717, 1.165) is 0 Å². The van der Waals surface area contributed by atoms with Gasteiger partial charge >= 0.3 is 63.6 Å². The van der Waals surface area contributed by atoms with Crippen molar-refractivity contribution in [1.29, 1.82) is 0 Å². The molecule has 0 spiro atoms. The molecule has 0 saturated carbocycles. The summed E-state index contributed by atoms with van der Waals surface area (Å²) in [5.41, 5.74) is 2.72. The summed E-state index contributed by atoms with van der Waals surface area (Å²) in [5.74, 6) is 0. The minimum atomic E-state index is -5.12. The summed E-state index contributed by atoms with van der Waals surface area (Å²) in [4.78, 5) is 0. The van der Waals surface area contributed by atoms with Gasteiger partial charge < -0.3 is 0 Å². The van der Waals surface area contributed by atoms with Crippen molar-refractivity contribution in [3.8, 4) is 0 Å². The Morgan fingerprint density at radius 2 is 0.900 bits per heavy atom. The zero-order chi connectivity index (χ0) is 9.00. The molecule has 0 radical (unpaired) electrons. The Morgan fingerprint density at radius 3 is 0.900 bits per heavy atom. The summed E-state index contributed by atoms with van der Waals surface area (Å²) in [6.45, 7) is 0. The Labute approximate surface area is 63.9 Å². The molecule has 0 aliphatic heterocycles. The zero-order valence-corrected chi connectivity index (χ0v) is 9.25. The van der Waals surface area contributed by atoms with Crippen LogP contribution in [0.1, 0.15) is 0 Å². The molecule has 0 unspecified atom stereocenters. The van der Waals surface area contributed by atoms with Crippen molar-refractivity contribution in [2.75, 3.05) is 0 Å². The van der Waals surface area contributed by atoms with Gasteiger partial charge in [0.1, 0.15) is 0 Å². The van der Waals surface area contributed by atoms with Crippen LogP contribution in [0.15, 0.2) is 0 Å². The van der Waals surface area contributed by atoms with Crippen LogP contribution in [0.5, 0.6) is 0 Å². The molecule has 8 heteroatoms. The molecule has 0 amide bonds. The van der Waals surface area contributed by atoms with Crippen LogP contribution >= 0.6 is 0 Å². The number of rotatable bonds is 0. The predicted molar refractivity (Wildman–Crippen MR) is 33.5 cm³/mol. The van der Waals surface area contributed by atoms with Gasteiger partial charge in [-0.05, 0) is 0 Å². The summed E-state index contributed by atoms with van der Waals surface area (Å²) in [6, 6.07) is 0. The molecule has 0 atom stereocenters. The van der Waals surface area contributed by atoms with E-state index in [-0.39, 0.29) is 0 Å². The van der Waals surface area contributed by atoms with E-state index in [0.29, 0.717) is 0 Å². The van der Waals surface area contributed by atoms with Crippen molar-refractivity contribution >= 4 is 28.3 Å². The van der Waals surface area contributed by atoms with Gasteiger partial charge in [0.05, 0.1) is 0 Å². The molecule has 0 aromatic carbocycles. The van der Waals surface area contributed by atoms with Crippen molar-refractivity contribution in [1.82, 2.24) is 0 Å². The quantitative estimate of drug-likeness (QED) is 0.379. The van der Waals surface area contributed by atoms with Crippen molar-refractivity contribution in [3.63, 3.8) is 0 Å². The van der Waals surface area contributed by atoms with Crippen LogP contribution in [0.2, 0.25) is 11.4 Å². The van der Waals surface area contributed by atoms with E-state index in [9.17, 15) is 3.74 Å². The molecule has 0 aliphatic rings. The average molecular weight is 280 g/mol. The molecule has 0 aromatic rings. The summed E-state index contributed by atoms with van der Waals surface area (Å²) in [7, 11) is 0. The molecule has 0 aromatic heterocycles. The first-order chi connectivity index (χ1) is 4.00. The third-order valence-electron chi connectivity index (χ3n) is 0. The van der Waals surface area contributed by atoms with E-state index < -0.39 is 28.3 Å². The Hall–Kier alpha value is 0.557. The summed E-state index contributed by atoms with van der Waals surface area (Å²) < 4.78 is 48.7. The van der Waals surface area contributed by atoms with Gasteiger partial charge in [0.15, 0.2) is 0 Å². The van der Waals surface area contributed by atoms with E-state index >= 15 is 0 Å². The van der Waals surface area contributed by atoms with Crippen LogP contribution < -0.4 is 0 Å². The first kappa shape index (κ1) is 13.2. The third-order valence-corrected chi connectivity index (χ3v) is 0. The first-order valence-corrected chi connectivity index (χ1v) is 10.7.